The molecule has 1 saturated carbocycles. The summed E-state index contributed by atoms with van der Waals surface area (Å²) in [4.78, 5) is 11.0. The maximum Gasteiger partial charge on any atom is 0.335 e. The summed E-state index contributed by atoms with van der Waals surface area (Å²) in [6.45, 7) is 0. The molecule has 1 fully saturated rings. The van der Waals surface area contributed by atoms with Crippen LogP contribution in [0.2, 0.25) is 0 Å². The number of ether oxygens (including phenoxy) is 1. The highest BCUT2D eigenvalue weighted by Gasteiger charge is 2.21. The van der Waals surface area contributed by atoms with Gasteiger partial charge in [0.1, 0.15) is 6.10 Å². The second-order valence-corrected chi connectivity index (χ2v) is 2.99. The normalized spacial score (nSPS) is 20.0. The summed E-state index contributed by atoms with van der Waals surface area (Å²) in [6, 6.07) is -0.898. The van der Waals surface area contributed by atoms with Gasteiger partial charge in [-0.3, -0.25) is 0 Å². The molecule has 0 aromatic heterocycles. The van der Waals surface area contributed by atoms with Crippen LogP contribution < -0.4 is 5.73 Å². The van der Waals surface area contributed by atoms with E-state index in [-0.39, 0.29) is 6.10 Å². The first-order chi connectivity index (χ1) is 5.74. The van der Waals surface area contributed by atoms with Crippen molar-refractivity contribution in [2.45, 2.75) is 37.8 Å². The largest absolute Gasteiger partial charge is 0.460 e. The van der Waals surface area contributed by atoms with E-state index in [9.17, 15) is 4.79 Å². The molecule has 2 N–H and O–H groups in total. The molecule has 1 aliphatic rings. The molecule has 0 heterocycles. The van der Waals surface area contributed by atoms with Crippen molar-refractivity contribution in [2.75, 3.05) is 0 Å². The first kappa shape index (κ1) is 9.08. The van der Waals surface area contributed by atoms with Crippen molar-refractivity contribution >= 4 is 5.97 Å². The Hall–Kier alpha value is -1.01. The van der Waals surface area contributed by atoms with E-state index in [0.717, 1.165) is 25.7 Å². The molecule has 1 atom stereocenters. The number of hydrogen-bond donors (Lipinski definition) is 1. The van der Waals surface area contributed by atoms with Gasteiger partial charge < -0.3 is 10.5 Å². The summed E-state index contributed by atoms with van der Waals surface area (Å²) in [5, 5.41) is 0. The lowest BCUT2D eigenvalue weighted by atomic mass is 10.3. The average molecular weight is 167 g/mol. The van der Waals surface area contributed by atoms with Gasteiger partial charge in [-0.05, 0) is 25.7 Å². The maximum absolute atomic E-state index is 11.0. The molecule has 0 amide bonds. The molecular formula is C9H13NO2. The molecule has 1 unspecified atom stereocenters. The van der Waals surface area contributed by atoms with Crippen molar-refractivity contribution in [3.63, 3.8) is 0 Å². The van der Waals surface area contributed by atoms with E-state index < -0.39 is 12.0 Å². The Kier molecular flexibility index (Phi) is 3.12. The van der Waals surface area contributed by atoms with Gasteiger partial charge in [-0.15, -0.1) is 6.42 Å². The minimum atomic E-state index is -0.898. The summed E-state index contributed by atoms with van der Waals surface area (Å²) >= 11 is 0. The van der Waals surface area contributed by atoms with E-state index >= 15 is 0 Å². The van der Waals surface area contributed by atoms with Gasteiger partial charge in [0.25, 0.3) is 0 Å². The molecule has 12 heavy (non-hydrogen) atoms. The predicted molar refractivity (Wildman–Crippen MR) is 45.2 cm³/mol. The van der Waals surface area contributed by atoms with Crippen LogP contribution in [0, 0.1) is 12.3 Å². The number of rotatable bonds is 2. The Morgan fingerprint density at radius 2 is 2.17 bits per heavy atom. The lowest BCUT2D eigenvalue weighted by Crippen LogP contribution is -2.32. The summed E-state index contributed by atoms with van der Waals surface area (Å²) < 4.78 is 5.06. The van der Waals surface area contributed by atoms with Gasteiger partial charge in [-0.25, -0.2) is 4.79 Å². The molecule has 0 aliphatic heterocycles. The molecule has 0 spiro atoms. The zero-order valence-corrected chi connectivity index (χ0v) is 6.95. The quantitative estimate of drug-likeness (QED) is 0.479. The third kappa shape index (κ3) is 2.24. The second-order valence-electron chi connectivity index (χ2n) is 2.99. The SMILES string of the molecule is C#CC(N)C(=O)OC1CCCC1. The molecule has 1 rings (SSSR count). The first-order valence-corrected chi connectivity index (χ1v) is 4.16. The Morgan fingerprint density at radius 1 is 1.58 bits per heavy atom. The van der Waals surface area contributed by atoms with E-state index in [2.05, 4.69) is 5.92 Å². The van der Waals surface area contributed by atoms with Crippen LogP contribution in [0.5, 0.6) is 0 Å². The summed E-state index contributed by atoms with van der Waals surface area (Å²) in [5.41, 5.74) is 5.28. The van der Waals surface area contributed by atoms with E-state index in [0.29, 0.717) is 0 Å². The van der Waals surface area contributed by atoms with Crippen LogP contribution in [0.1, 0.15) is 25.7 Å². The second kappa shape index (κ2) is 4.13. The van der Waals surface area contributed by atoms with Crippen molar-refractivity contribution in [1.82, 2.24) is 0 Å². The van der Waals surface area contributed by atoms with Crippen molar-refractivity contribution in [2.24, 2.45) is 5.73 Å². The summed E-state index contributed by atoms with van der Waals surface area (Å²) in [7, 11) is 0. The average Bonchev–Trinajstić information content (AvgIpc) is 2.55. The summed E-state index contributed by atoms with van der Waals surface area (Å²) in [6.07, 6.45) is 9.18. The molecule has 0 aromatic carbocycles. The third-order valence-corrected chi connectivity index (χ3v) is 2.02. The van der Waals surface area contributed by atoms with Crippen molar-refractivity contribution < 1.29 is 9.53 Å². The molecule has 66 valence electrons. The Bertz CT molecular complexity index is 201. The maximum atomic E-state index is 11.0. The van der Waals surface area contributed by atoms with Crippen LogP contribution in [-0.2, 0) is 9.53 Å². The van der Waals surface area contributed by atoms with Crippen molar-refractivity contribution in [1.29, 1.82) is 0 Å². The molecule has 0 radical (unpaired) electrons. The standard InChI is InChI=1S/C9H13NO2/c1-2-8(10)9(11)12-7-5-3-4-6-7/h1,7-8H,3-6,10H2. The number of hydrogen-bond acceptors (Lipinski definition) is 3. The predicted octanol–water partition coefficient (Wildman–Crippen LogP) is 0.433. The van der Waals surface area contributed by atoms with Gasteiger partial charge in [0, 0.05) is 0 Å². The lowest BCUT2D eigenvalue weighted by molar-refractivity contribution is -0.148. The fraction of sp³-hybridized carbons (Fsp3) is 0.667. The number of nitrogens with two attached hydrogens (primary N) is 1. The molecule has 3 nitrogen and oxygen atoms in total. The van der Waals surface area contributed by atoms with E-state index in [4.69, 9.17) is 16.9 Å². The van der Waals surface area contributed by atoms with E-state index in [1.54, 1.807) is 0 Å². The highest BCUT2D eigenvalue weighted by atomic mass is 16.5. The summed E-state index contributed by atoms with van der Waals surface area (Å²) in [5.74, 6) is 1.67. The minimum absolute atomic E-state index is 0.0527. The first-order valence-electron chi connectivity index (χ1n) is 4.16. The van der Waals surface area contributed by atoms with Gasteiger partial charge in [-0.1, -0.05) is 5.92 Å². The fourth-order valence-corrected chi connectivity index (χ4v) is 1.31. The monoisotopic (exact) mass is 167 g/mol. The molecule has 0 bridgehead atoms. The van der Waals surface area contributed by atoms with E-state index in [1.807, 2.05) is 0 Å². The smallest absolute Gasteiger partial charge is 0.335 e. The lowest BCUT2D eigenvalue weighted by Gasteiger charge is -2.12. The molecule has 0 saturated heterocycles. The zero-order chi connectivity index (χ0) is 8.97. The number of carbonyl (C=O) groups excluding carboxylic acids is 1. The Balaban J connectivity index is 2.31. The van der Waals surface area contributed by atoms with Gasteiger partial charge in [0.05, 0.1) is 0 Å². The van der Waals surface area contributed by atoms with Crippen LogP contribution >= 0.6 is 0 Å². The minimum Gasteiger partial charge on any atom is -0.460 e. The number of terminal acetylenes is 1. The Labute approximate surface area is 72.3 Å². The highest BCUT2D eigenvalue weighted by molar-refractivity contribution is 5.79. The zero-order valence-electron chi connectivity index (χ0n) is 6.95. The molecular weight excluding hydrogens is 154 g/mol. The molecule has 1 aliphatic carbocycles. The van der Waals surface area contributed by atoms with Crippen LogP contribution in [-0.4, -0.2) is 18.1 Å². The number of carbonyl (C=O) groups is 1. The van der Waals surface area contributed by atoms with Crippen molar-refractivity contribution in [3.8, 4) is 12.3 Å². The van der Waals surface area contributed by atoms with Gasteiger partial charge in [0.2, 0.25) is 0 Å². The van der Waals surface area contributed by atoms with Gasteiger partial charge in [0.15, 0.2) is 6.04 Å². The third-order valence-electron chi connectivity index (χ3n) is 2.02. The van der Waals surface area contributed by atoms with Crippen LogP contribution in [0.25, 0.3) is 0 Å². The molecule has 3 heteroatoms. The van der Waals surface area contributed by atoms with Crippen LogP contribution in [0.15, 0.2) is 0 Å². The topological polar surface area (TPSA) is 52.3 Å². The fourth-order valence-electron chi connectivity index (χ4n) is 1.31. The van der Waals surface area contributed by atoms with Gasteiger partial charge in [-0.2, -0.15) is 0 Å². The van der Waals surface area contributed by atoms with Crippen LogP contribution in [0.3, 0.4) is 0 Å². The molecule has 0 aromatic rings. The van der Waals surface area contributed by atoms with Gasteiger partial charge >= 0.3 is 5.97 Å². The van der Waals surface area contributed by atoms with Crippen LogP contribution in [0.4, 0.5) is 0 Å². The highest BCUT2D eigenvalue weighted by Crippen LogP contribution is 2.20. The Morgan fingerprint density at radius 3 is 2.67 bits per heavy atom. The van der Waals surface area contributed by atoms with Crippen molar-refractivity contribution in [3.05, 3.63) is 0 Å². The number of esters is 1. The van der Waals surface area contributed by atoms with E-state index in [1.165, 1.54) is 0 Å².